The average molecular weight is 789 g/mol. The molecule has 0 spiro atoms. The quantitative estimate of drug-likeness (QED) is 0.187. The van der Waals surface area contributed by atoms with Gasteiger partial charge in [0.2, 0.25) is 11.8 Å². The number of rotatable bonds is 9. The van der Waals surface area contributed by atoms with Crippen LogP contribution < -0.4 is 30.6 Å². The number of pyridine rings is 2. The van der Waals surface area contributed by atoms with Crippen LogP contribution in [0.1, 0.15) is 36.8 Å². The SMILES string of the molecule is CCc1c(-c2ccc(-n3cnn(C)c3=O)cc2-c2ccc(N3CCN(c4cccc(C5CCC(=O)NC5=O)c4)CC3)cc2)ccnc1N1CCN(c2cccnc2)C1=O. The Morgan fingerprint density at radius 1 is 0.712 bits per heavy atom. The first-order valence-corrected chi connectivity index (χ1v) is 20.0. The first-order chi connectivity index (χ1) is 28.8. The number of carbonyl (C=O) groups is 3. The highest BCUT2D eigenvalue weighted by Gasteiger charge is 2.34. The Balaban J connectivity index is 0.994. The molecule has 14 nitrogen and oxygen atoms in total. The molecular weight excluding hydrogens is 745 g/mol. The van der Waals surface area contributed by atoms with Crippen LogP contribution in [0.4, 0.5) is 27.7 Å². The minimum atomic E-state index is -0.314. The normalized spacial score (nSPS) is 17.2. The topological polar surface area (TPSA) is 142 Å². The lowest BCUT2D eigenvalue weighted by molar-refractivity contribution is -0.134. The summed E-state index contributed by atoms with van der Waals surface area (Å²) >= 11 is 0. The molecule has 14 heteroatoms. The van der Waals surface area contributed by atoms with Gasteiger partial charge in [0.15, 0.2) is 0 Å². The number of imide groups is 1. The zero-order valence-electron chi connectivity index (χ0n) is 33.0. The Bertz CT molecular complexity index is 2610. The molecule has 4 amide bonds. The molecular formula is C45H44N10O4. The molecule has 0 bridgehead atoms. The molecule has 59 heavy (non-hydrogen) atoms. The molecule has 3 saturated heterocycles. The molecule has 3 aromatic carbocycles. The van der Waals surface area contributed by atoms with Crippen molar-refractivity contribution in [3.63, 3.8) is 0 Å². The molecule has 0 radical (unpaired) electrons. The molecule has 298 valence electrons. The summed E-state index contributed by atoms with van der Waals surface area (Å²) < 4.78 is 2.85. The largest absolute Gasteiger partial charge is 0.368 e. The van der Waals surface area contributed by atoms with E-state index in [1.807, 2.05) is 48.5 Å². The van der Waals surface area contributed by atoms with Crippen molar-refractivity contribution in [3.05, 3.63) is 131 Å². The minimum Gasteiger partial charge on any atom is -0.368 e. The fourth-order valence-corrected chi connectivity index (χ4v) is 8.54. The van der Waals surface area contributed by atoms with Gasteiger partial charge in [0.1, 0.15) is 12.1 Å². The van der Waals surface area contributed by atoms with Gasteiger partial charge >= 0.3 is 11.7 Å². The molecule has 3 aromatic heterocycles. The molecule has 1 unspecified atom stereocenters. The number of aryl methyl sites for hydroxylation is 1. The number of piperidine rings is 1. The van der Waals surface area contributed by atoms with Crippen LogP contribution in [0.2, 0.25) is 0 Å². The number of carbonyl (C=O) groups excluding carboxylic acids is 3. The van der Waals surface area contributed by atoms with E-state index in [2.05, 4.69) is 68.5 Å². The number of urea groups is 1. The average Bonchev–Trinajstić information content (AvgIpc) is 3.83. The van der Waals surface area contributed by atoms with E-state index < -0.39 is 0 Å². The Morgan fingerprint density at radius 3 is 2.17 bits per heavy atom. The Hall–Kier alpha value is -7.09. The lowest BCUT2D eigenvalue weighted by Gasteiger charge is -2.37. The molecule has 9 rings (SSSR count). The van der Waals surface area contributed by atoms with Gasteiger partial charge in [-0.1, -0.05) is 37.3 Å². The second-order valence-electron chi connectivity index (χ2n) is 15.1. The van der Waals surface area contributed by atoms with E-state index in [1.54, 1.807) is 35.4 Å². The van der Waals surface area contributed by atoms with Crippen LogP contribution in [0.25, 0.3) is 27.9 Å². The fourth-order valence-electron chi connectivity index (χ4n) is 8.54. The highest BCUT2D eigenvalue weighted by Crippen LogP contribution is 2.40. The predicted molar refractivity (Wildman–Crippen MR) is 227 cm³/mol. The van der Waals surface area contributed by atoms with E-state index in [-0.39, 0.29) is 29.5 Å². The van der Waals surface area contributed by atoms with Crippen molar-refractivity contribution in [2.75, 3.05) is 58.9 Å². The van der Waals surface area contributed by atoms with Crippen LogP contribution in [-0.2, 0) is 23.1 Å². The van der Waals surface area contributed by atoms with Gasteiger partial charge in [-0.2, -0.15) is 5.10 Å². The molecule has 0 aliphatic carbocycles. The molecule has 0 saturated carbocycles. The number of piperazine rings is 1. The minimum absolute atomic E-state index is 0.138. The lowest BCUT2D eigenvalue weighted by atomic mass is 9.90. The molecule has 1 N–H and O–H groups in total. The molecule has 3 fully saturated rings. The van der Waals surface area contributed by atoms with E-state index in [1.165, 1.54) is 15.6 Å². The highest BCUT2D eigenvalue weighted by molar-refractivity contribution is 6.06. The Morgan fingerprint density at radius 2 is 1.46 bits per heavy atom. The number of anilines is 4. The number of hydrogen-bond acceptors (Lipinski definition) is 9. The first kappa shape index (κ1) is 37.5. The van der Waals surface area contributed by atoms with Crippen molar-refractivity contribution in [1.29, 1.82) is 0 Å². The number of benzene rings is 3. The van der Waals surface area contributed by atoms with E-state index >= 15 is 0 Å². The standard InChI is InChI=1S/C45H44N10O4/c1-3-36-39(17-19-47-42(36)54-25-24-53(45(54)59)35-8-5-18-46-28-35)38-14-13-34(55-29-48-50(2)44(55)58)27-40(38)30-9-11-32(12-10-30)51-20-22-52(23-21-51)33-7-4-6-31(26-33)37-15-16-41(56)49-43(37)57/h4-14,17-19,26-29,37H,3,15-16,20-25H2,1-2H3,(H,49,56,57). The van der Waals surface area contributed by atoms with Crippen molar-refractivity contribution in [3.8, 4) is 27.9 Å². The van der Waals surface area contributed by atoms with Gasteiger partial charge in [0, 0.05) is 82.1 Å². The Labute approximate surface area is 341 Å². The zero-order valence-corrected chi connectivity index (χ0v) is 33.0. The molecule has 1 atom stereocenters. The van der Waals surface area contributed by atoms with Crippen molar-refractivity contribution in [2.24, 2.45) is 7.05 Å². The maximum Gasteiger partial charge on any atom is 0.350 e. The maximum absolute atomic E-state index is 13.8. The summed E-state index contributed by atoms with van der Waals surface area (Å²) in [5, 5.41) is 6.67. The van der Waals surface area contributed by atoms with Crippen molar-refractivity contribution in [2.45, 2.75) is 32.1 Å². The number of aromatic nitrogens is 5. The number of nitrogens with zero attached hydrogens (tertiary/aromatic N) is 9. The third kappa shape index (κ3) is 7.11. The van der Waals surface area contributed by atoms with Crippen LogP contribution in [0.15, 0.2) is 115 Å². The molecule has 3 aliphatic heterocycles. The summed E-state index contributed by atoms with van der Waals surface area (Å²) in [4.78, 5) is 68.3. The van der Waals surface area contributed by atoms with Crippen molar-refractivity contribution in [1.82, 2.24) is 29.6 Å². The van der Waals surface area contributed by atoms with Gasteiger partial charge in [-0.25, -0.2) is 23.8 Å². The predicted octanol–water partition coefficient (Wildman–Crippen LogP) is 5.55. The van der Waals surface area contributed by atoms with Crippen LogP contribution in [0.5, 0.6) is 0 Å². The van der Waals surface area contributed by atoms with Crippen LogP contribution in [0, 0.1) is 0 Å². The highest BCUT2D eigenvalue weighted by atomic mass is 16.2. The van der Waals surface area contributed by atoms with Gasteiger partial charge < -0.3 is 9.80 Å². The zero-order chi connectivity index (χ0) is 40.6. The van der Waals surface area contributed by atoms with Gasteiger partial charge in [0.05, 0.1) is 23.5 Å². The Kier molecular flexibility index (Phi) is 9.97. The summed E-state index contributed by atoms with van der Waals surface area (Å²) in [5.74, 6) is -0.107. The van der Waals surface area contributed by atoms with E-state index in [4.69, 9.17) is 4.98 Å². The monoisotopic (exact) mass is 788 g/mol. The summed E-state index contributed by atoms with van der Waals surface area (Å²) in [7, 11) is 1.63. The first-order valence-electron chi connectivity index (χ1n) is 20.0. The van der Waals surface area contributed by atoms with E-state index in [9.17, 15) is 19.2 Å². The van der Waals surface area contributed by atoms with Crippen molar-refractivity contribution >= 4 is 40.7 Å². The van der Waals surface area contributed by atoms with Gasteiger partial charge in [0.25, 0.3) is 0 Å². The number of nitrogens with one attached hydrogen (secondary N) is 1. The van der Waals surface area contributed by atoms with Gasteiger partial charge in [-0.15, -0.1) is 0 Å². The molecule has 6 aromatic rings. The molecule has 6 heterocycles. The lowest BCUT2D eigenvalue weighted by Crippen LogP contribution is -2.46. The van der Waals surface area contributed by atoms with Crippen LogP contribution >= 0.6 is 0 Å². The molecule has 3 aliphatic rings. The van der Waals surface area contributed by atoms with E-state index in [0.29, 0.717) is 43.9 Å². The number of amides is 4. The number of hydrogen-bond donors (Lipinski definition) is 1. The van der Waals surface area contributed by atoms with Gasteiger partial charge in [-0.05, 0) is 95.3 Å². The van der Waals surface area contributed by atoms with Crippen LogP contribution in [-0.4, -0.2) is 81.4 Å². The smallest absolute Gasteiger partial charge is 0.350 e. The van der Waals surface area contributed by atoms with E-state index in [0.717, 1.165) is 76.6 Å². The summed E-state index contributed by atoms with van der Waals surface area (Å²) in [6.45, 7) is 6.37. The van der Waals surface area contributed by atoms with Crippen LogP contribution in [0.3, 0.4) is 0 Å². The van der Waals surface area contributed by atoms with Crippen molar-refractivity contribution < 1.29 is 14.4 Å². The summed E-state index contributed by atoms with van der Waals surface area (Å²) in [5.41, 5.74) is 9.12. The fraction of sp³-hybridized carbons (Fsp3) is 0.267. The second kappa shape index (κ2) is 15.7. The van der Waals surface area contributed by atoms with Gasteiger partial charge in [-0.3, -0.25) is 29.7 Å². The second-order valence-corrected chi connectivity index (χ2v) is 15.1. The summed E-state index contributed by atoms with van der Waals surface area (Å²) in [6, 6.07) is 28.3. The summed E-state index contributed by atoms with van der Waals surface area (Å²) in [6.07, 6.45) is 8.22. The maximum atomic E-state index is 13.8. The third-order valence-electron chi connectivity index (χ3n) is 11.7. The third-order valence-corrected chi connectivity index (χ3v) is 11.7.